The van der Waals surface area contributed by atoms with Gasteiger partial charge in [-0.25, -0.2) is 28.4 Å². The molecule has 3 atom stereocenters. The van der Waals surface area contributed by atoms with Crippen LogP contribution in [-0.2, 0) is 43.0 Å². The second-order valence-corrected chi connectivity index (χ2v) is 33.9. The average Bonchev–Trinajstić information content (AvgIpc) is 1.14. The second-order valence-electron chi connectivity index (χ2n) is 26.9. The van der Waals surface area contributed by atoms with Gasteiger partial charge in [-0.1, -0.05) is 18.2 Å². The molecule has 7 aliphatic rings. The number of hydrogen-bond donors (Lipinski definition) is 0. The lowest BCUT2D eigenvalue weighted by molar-refractivity contribution is 0.0900. The lowest BCUT2D eigenvalue weighted by atomic mass is 9.94. The van der Waals surface area contributed by atoms with Crippen LogP contribution in [0.4, 0.5) is 22.7 Å². The van der Waals surface area contributed by atoms with E-state index in [9.17, 15) is 13.2 Å². The van der Waals surface area contributed by atoms with Crippen LogP contribution in [0, 0.1) is 61.3 Å². The number of nitrogens with zero attached hydrogens (tertiary/aromatic N) is 8. The molecule has 3 unspecified atom stereocenters. The van der Waals surface area contributed by atoms with Gasteiger partial charge in [-0.2, -0.15) is 0 Å². The van der Waals surface area contributed by atoms with Gasteiger partial charge in [0.05, 0.1) is 152 Å². The predicted molar refractivity (Wildman–Crippen MR) is 416 cm³/mol. The molecule has 552 valence electrons. The SMILES string of the molecule is Cc1nc(C)c(-c2cc(C(=O)C3CCOC3)cc(N3CCOCC3)c2)s1.Cc1nc(C)c(-c2cc(N3CCOCC3)cc(S(=O)(=O)C3CCOC3)c2)s1.Cc1nc(C)c(-c2cc(OC3CCOC3)cc(N3CCOCC3)c2)s1.Cc1nc(C)c(-c2cc(Oc3ccccc3)cc(N3CCOCC3)c2)s1. The normalized spacial score (nSPS) is 19.2. The fourth-order valence-corrected chi connectivity index (χ4v) is 19.2. The van der Waals surface area contributed by atoms with E-state index >= 15 is 0 Å². The average molecular weight is 1510 g/mol. The van der Waals surface area contributed by atoms with Crippen molar-refractivity contribution < 1.29 is 55.8 Å². The van der Waals surface area contributed by atoms with Crippen molar-refractivity contribution in [2.75, 3.05) is 164 Å². The molecule has 20 nitrogen and oxygen atoms in total. The van der Waals surface area contributed by atoms with Crippen molar-refractivity contribution in [3.63, 3.8) is 0 Å². The van der Waals surface area contributed by atoms with E-state index in [1.54, 1.807) is 51.4 Å². The van der Waals surface area contributed by atoms with Gasteiger partial charge in [-0.3, -0.25) is 4.79 Å². The molecule has 25 heteroatoms. The van der Waals surface area contributed by atoms with E-state index in [2.05, 4.69) is 109 Å². The molecular formula is C79H94N8O12S5. The maximum absolute atomic E-state index is 13.2. The number of aryl methyl sites for hydroxylation is 8. The Kier molecular flexibility index (Phi) is 25.2. The van der Waals surface area contributed by atoms with Gasteiger partial charge in [0.15, 0.2) is 15.6 Å². The summed E-state index contributed by atoms with van der Waals surface area (Å²) in [5.41, 5.74) is 13.6. The topological polar surface area (TPSA) is 199 Å². The minimum atomic E-state index is -3.44. The molecular weight excluding hydrogens is 1410 g/mol. The highest BCUT2D eigenvalue weighted by molar-refractivity contribution is 7.92. The standard InChI is InChI=1S/C21H22N2O2S.C20H24N2O3S.C19H24N2O4S2.C19H24N2O3S/c1-15-21(26-16(2)22-15)17-12-18(23-8-10-24-11-9-23)14-20(13-17)25-19-6-4-3-5-7-19;1-13-20(26-14(2)21-13)17-9-16(19(23)15-3-6-25-12-15)10-18(11-17)22-4-7-24-8-5-22;1-13-19(26-14(2)20-13)15-9-16(21-4-7-24-8-5-21)11-18(10-15)27(22,23)17-3-6-25-12-17;1-13-19(25-14(2)20-13)15-9-16(21-4-7-22-8-5-21)11-18(10-15)24-17-3-6-23-12-17/h3-7,12-14H,8-11H2,1-2H3;9-11,15H,3-8,12H2,1-2H3;9-11,17H,3-8,12H2,1-2H3;9-11,17H,3-8,12H2,1-2H3. The number of carbonyl (C=O) groups is 1. The summed E-state index contributed by atoms with van der Waals surface area (Å²) in [6, 6.07) is 34.9. The number of aromatic nitrogens is 4. The molecule has 0 aliphatic carbocycles. The number of Topliss-reactive ketones (excluding diaryl/α,β-unsaturated/α-hetero) is 1. The maximum Gasteiger partial charge on any atom is 0.183 e. The Bertz CT molecular complexity index is 4480. The predicted octanol–water partition coefficient (Wildman–Crippen LogP) is 14.8. The highest BCUT2D eigenvalue weighted by atomic mass is 32.2. The Labute approximate surface area is 627 Å². The first-order valence-electron chi connectivity index (χ1n) is 36.0. The highest BCUT2D eigenvalue weighted by Crippen LogP contribution is 2.42. The van der Waals surface area contributed by atoms with Crippen LogP contribution in [0.15, 0.2) is 108 Å². The fourth-order valence-electron chi connectivity index (χ4n) is 13.9. The summed E-state index contributed by atoms with van der Waals surface area (Å²) in [6.45, 7) is 32.4. The molecule has 7 saturated heterocycles. The lowest BCUT2D eigenvalue weighted by Gasteiger charge is -2.29. The molecule has 9 aromatic rings. The number of ketones is 1. The number of hydrogen-bond acceptors (Lipinski definition) is 24. The van der Waals surface area contributed by atoms with Crippen LogP contribution >= 0.6 is 45.3 Å². The van der Waals surface area contributed by atoms with Crippen molar-refractivity contribution in [1.29, 1.82) is 0 Å². The first kappa shape index (κ1) is 75.0. The van der Waals surface area contributed by atoms with Crippen molar-refractivity contribution in [3.05, 3.63) is 151 Å². The van der Waals surface area contributed by atoms with Crippen LogP contribution in [0.25, 0.3) is 41.8 Å². The summed E-state index contributed by atoms with van der Waals surface area (Å²) in [4.78, 5) is 45.5. The molecule has 104 heavy (non-hydrogen) atoms. The molecule has 7 fully saturated rings. The van der Waals surface area contributed by atoms with Gasteiger partial charge in [0.2, 0.25) is 0 Å². The Morgan fingerprint density at radius 2 is 0.798 bits per heavy atom. The van der Waals surface area contributed by atoms with Crippen LogP contribution < -0.4 is 29.1 Å². The fraction of sp³-hybridized carbons (Fsp3) is 0.456. The van der Waals surface area contributed by atoms with Gasteiger partial charge in [0.25, 0.3) is 0 Å². The zero-order valence-electron chi connectivity index (χ0n) is 60.7. The van der Waals surface area contributed by atoms with Gasteiger partial charge in [0, 0.05) is 118 Å². The van der Waals surface area contributed by atoms with Crippen LogP contribution in [0.3, 0.4) is 0 Å². The van der Waals surface area contributed by atoms with Crippen LogP contribution in [0.1, 0.15) is 72.4 Å². The maximum atomic E-state index is 13.2. The Hall–Kier alpha value is -7.24. The number of para-hydroxylation sites is 1. The zero-order valence-corrected chi connectivity index (χ0v) is 64.8. The molecule has 0 spiro atoms. The second kappa shape index (κ2) is 35.0. The van der Waals surface area contributed by atoms with Crippen molar-refractivity contribution in [2.45, 2.75) is 90.9 Å². The summed E-state index contributed by atoms with van der Waals surface area (Å²) in [5, 5.41) is 3.74. The van der Waals surface area contributed by atoms with Crippen LogP contribution in [0.2, 0.25) is 0 Å². The van der Waals surface area contributed by atoms with E-state index in [-0.39, 0.29) is 24.4 Å². The molecule has 11 heterocycles. The number of benzene rings is 5. The van der Waals surface area contributed by atoms with Crippen molar-refractivity contribution in [1.82, 2.24) is 19.9 Å². The third-order valence-corrected chi connectivity index (χ3v) is 25.8. The number of sulfone groups is 1. The Morgan fingerprint density at radius 3 is 1.21 bits per heavy atom. The number of rotatable bonds is 16. The highest BCUT2D eigenvalue weighted by Gasteiger charge is 2.33. The molecule has 4 aromatic heterocycles. The lowest BCUT2D eigenvalue weighted by Crippen LogP contribution is -2.36. The first-order valence-corrected chi connectivity index (χ1v) is 40.9. The number of ether oxygens (including phenoxy) is 9. The van der Waals surface area contributed by atoms with Gasteiger partial charge in [-0.05, 0) is 163 Å². The third-order valence-electron chi connectivity index (χ3n) is 19.2. The zero-order chi connectivity index (χ0) is 72.3. The number of thiazole rings is 4. The van der Waals surface area contributed by atoms with Gasteiger partial charge in [0.1, 0.15) is 23.4 Å². The monoisotopic (exact) mass is 1510 g/mol. The molecule has 16 rings (SSSR count). The minimum absolute atomic E-state index is 0.0212. The number of carbonyl (C=O) groups excluding carboxylic acids is 1. The molecule has 0 N–H and O–H groups in total. The summed E-state index contributed by atoms with van der Waals surface area (Å²) in [6.07, 6.45) is 2.47. The Balaban J connectivity index is 0.000000123. The third kappa shape index (κ3) is 18.9. The molecule has 0 bridgehead atoms. The van der Waals surface area contributed by atoms with Crippen molar-refractivity contribution in [3.8, 4) is 59.0 Å². The van der Waals surface area contributed by atoms with E-state index in [1.807, 2.05) is 83.1 Å². The Morgan fingerprint density at radius 1 is 0.404 bits per heavy atom. The van der Waals surface area contributed by atoms with E-state index in [1.165, 1.54) is 26.7 Å². The summed E-state index contributed by atoms with van der Waals surface area (Å²) in [7, 11) is -3.44. The van der Waals surface area contributed by atoms with E-state index < -0.39 is 15.1 Å². The number of morpholine rings is 4. The van der Waals surface area contributed by atoms with Crippen LogP contribution in [-0.4, -0.2) is 190 Å². The molecule has 5 aromatic carbocycles. The molecule has 0 saturated carbocycles. The quantitative estimate of drug-likeness (QED) is 0.0827. The van der Waals surface area contributed by atoms with Crippen molar-refractivity contribution in [2.24, 2.45) is 5.92 Å². The summed E-state index contributed by atoms with van der Waals surface area (Å²) < 4.78 is 76.9. The largest absolute Gasteiger partial charge is 0.488 e. The number of anilines is 4. The van der Waals surface area contributed by atoms with E-state index in [0.29, 0.717) is 51.0 Å². The smallest absolute Gasteiger partial charge is 0.183 e. The van der Waals surface area contributed by atoms with Crippen LogP contribution in [0.5, 0.6) is 17.2 Å². The molecule has 0 amide bonds. The first-order chi connectivity index (χ1) is 50.4. The minimum Gasteiger partial charge on any atom is -0.488 e. The van der Waals surface area contributed by atoms with Gasteiger partial charge >= 0.3 is 0 Å². The van der Waals surface area contributed by atoms with Gasteiger partial charge < -0.3 is 62.2 Å². The molecule has 7 aliphatic heterocycles. The van der Waals surface area contributed by atoms with Crippen molar-refractivity contribution >= 4 is 83.7 Å². The summed E-state index contributed by atoms with van der Waals surface area (Å²) >= 11 is 6.75. The van der Waals surface area contributed by atoms with Gasteiger partial charge in [-0.15, -0.1) is 45.3 Å². The molecule has 0 radical (unpaired) electrons. The van der Waals surface area contributed by atoms with E-state index in [4.69, 9.17) is 42.6 Å². The van der Waals surface area contributed by atoms with E-state index in [0.717, 1.165) is 215 Å². The summed E-state index contributed by atoms with van der Waals surface area (Å²) in [5.74, 6) is 2.78.